The molecule has 1 amide bonds. The molecule has 2 aromatic rings. The van der Waals surface area contributed by atoms with Crippen LogP contribution in [0.4, 0.5) is 5.69 Å². The molecule has 5 heteroatoms. The lowest BCUT2D eigenvalue weighted by atomic mass is 10.2. The fraction of sp³-hybridized carbons (Fsp3) is 0. The predicted molar refractivity (Wildman–Crippen MR) is 85.4 cm³/mol. The number of amides is 1. The van der Waals surface area contributed by atoms with E-state index < -0.39 is 0 Å². The molecule has 0 saturated carbocycles. The highest BCUT2D eigenvalue weighted by Gasteiger charge is 2.23. The first kappa shape index (κ1) is 13.5. The quantitative estimate of drug-likeness (QED) is 0.836. The summed E-state index contributed by atoms with van der Waals surface area (Å²) in [4.78, 5) is 16.8. The Kier molecular flexibility index (Phi) is 3.75. The van der Waals surface area contributed by atoms with E-state index >= 15 is 0 Å². The molecule has 1 aliphatic heterocycles. The standard InChI is InChI=1S/C16H12N2O2S/c19-13-8-4-5-11(9-13)10-14-15(20)18-16(21-14)17-12-6-2-1-3-7-12/h1-10,19H,(H,17,18,20)/b14-10+. The van der Waals surface area contributed by atoms with E-state index in [1.54, 1.807) is 24.3 Å². The largest absolute Gasteiger partial charge is 0.508 e. The number of rotatable bonds is 2. The molecule has 1 fully saturated rings. The van der Waals surface area contributed by atoms with Gasteiger partial charge in [0.1, 0.15) is 5.75 Å². The third-order valence-electron chi connectivity index (χ3n) is 2.81. The van der Waals surface area contributed by atoms with E-state index in [1.807, 2.05) is 36.4 Å². The number of carbonyl (C=O) groups excluding carboxylic acids is 1. The average Bonchev–Trinajstić information content (AvgIpc) is 2.80. The Morgan fingerprint density at radius 1 is 1.10 bits per heavy atom. The lowest BCUT2D eigenvalue weighted by Crippen LogP contribution is -2.19. The monoisotopic (exact) mass is 296 g/mol. The van der Waals surface area contributed by atoms with Gasteiger partial charge in [0.25, 0.3) is 5.91 Å². The van der Waals surface area contributed by atoms with Gasteiger partial charge in [0, 0.05) is 0 Å². The molecule has 2 aromatic carbocycles. The summed E-state index contributed by atoms with van der Waals surface area (Å²) in [6.45, 7) is 0. The molecule has 3 rings (SSSR count). The molecule has 0 unspecified atom stereocenters. The molecule has 1 heterocycles. The maximum Gasteiger partial charge on any atom is 0.264 e. The van der Waals surface area contributed by atoms with Crippen molar-refractivity contribution in [1.29, 1.82) is 0 Å². The van der Waals surface area contributed by atoms with E-state index in [2.05, 4.69) is 10.3 Å². The van der Waals surface area contributed by atoms with E-state index in [0.29, 0.717) is 10.1 Å². The number of thioether (sulfide) groups is 1. The molecule has 4 nitrogen and oxygen atoms in total. The molecule has 1 aliphatic rings. The van der Waals surface area contributed by atoms with Crippen molar-refractivity contribution in [3.63, 3.8) is 0 Å². The summed E-state index contributed by atoms with van der Waals surface area (Å²) >= 11 is 1.28. The molecule has 0 aliphatic carbocycles. The second kappa shape index (κ2) is 5.85. The number of benzene rings is 2. The highest BCUT2D eigenvalue weighted by Crippen LogP contribution is 2.28. The summed E-state index contributed by atoms with van der Waals surface area (Å²) in [6, 6.07) is 16.2. The zero-order valence-electron chi connectivity index (χ0n) is 11.0. The first-order valence-electron chi connectivity index (χ1n) is 6.34. The van der Waals surface area contributed by atoms with Crippen molar-refractivity contribution < 1.29 is 9.90 Å². The van der Waals surface area contributed by atoms with Crippen LogP contribution >= 0.6 is 11.8 Å². The summed E-state index contributed by atoms with van der Waals surface area (Å²) in [6.07, 6.45) is 1.73. The van der Waals surface area contributed by atoms with Crippen molar-refractivity contribution >= 4 is 34.6 Å². The van der Waals surface area contributed by atoms with Gasteiger partial charge in [-0.05, 0) is 47.7 Å². The lowest BCUT2D eigenvalue weighted by Gasteiger charge is -1.96. The zero-order valence-corrected chi connectivity index (χ0v) is 11.8. The van der Waals surface area contributed by atoms with E-state index in [4.69, 9.17) is 0 Å². The van der Waals surface area contributed by atoms with E-state index in [9.17, 15) is 9.90 Å². The number of hydrogen-bond acceptors (Lipinski definition) is 4. The minimum Gasteiger partial charge on any atom is -0.508 e. The summed E-state index contributed by atoms with van der Waals surface area (Å²) in [5.74, 6) is -0.0102. The van der Waals surface area contributed by atoms with E-state index in [-0.39, 0.29) is 11.7 Å². The number of hydrogen-bond donors (Lipinski definition) is 2. The lowest BCUT2D eigenvalue weighted by molar-refractivity contribution is -0.115. The summed E-state index contributed by atoms with van der Waals surface area (Å²) in [7, 11) is 0. The Labute approximate surface area is 126 Å². The summed E-state index contributed by atoms with van der Waals surface area (Å²) in [5, 5.41) is 12.7. The van der Waals surface area contributed by atoms with Gasteiger partial charge in [-0.2, -0.15) is 0 Å². The van der Waals surface area contributed by atoms with Crippen molar-refractivity contribution in [2.75, 3.05) is 0 Å². The number of nitrogens with zero attached hydrogens (tertiary/aromatic N) is 1. The number of aromatic hydroxyl groups is 1. The molecular weight excluding hydrogens is 284 g/mol. The number of aliphatic imine (C=N–C) groups is 1. The Bertz CT molecular complexity index is 739. The van der Waals surface area contributed by atoms with Crippen LogP contribution < -0.4 is 5.32 Å². The molecule has 104 valence electrons. The normalized spacial score (nSPS) is 18.2. The Hall–Kier alpha value is -2.53. The second-order valence-electron chi connectivity index (χ2n) is 4.41. The maximum absolute atomic E-state index is 11.9. The van der Waals surface area contributed by atoms with Crippen molar-refractivity contribution in [1.82, 2.24) is 5.32 Å². The number of phenolic OH excluding ortho intramolecular Hbond substituents is 1. The van der Waals surface area contributed by atoms with E-state index in [0.717, 1.165) is 11.3 Å². The Balaban J connectivity index is 1.84. The van der Waals surface area contributed by atoms with Gasteiger partial charge in [0.05, 0.1) is 10.6 Å². The molecule has 1 saturated heterocycles. The van der Waals surface area contributed by atoms with Crippen LogP contribution in [0.25, 0.3) is 6.08 Å². The van der Waals surface area contributed by atoms with Crippen molar-refractivity contribution in [3.05, 3.63) is 65.1 Å². The minimum absolute atomic E-state index is 0.172. The molecule has 0 spiro atoms. The maximum atomic E-state index is 11.9. The average molecular weight is 296 g/mol. The predicted octanol–water partition coefficient (Wildman–Crippen LogP) is 3.28. The Morgan fingerprint density at radius 3 is 2.67 bits per heavy atom. The number of amidine groups is 1. The van der Waals surface area contributed by atoms with Crippen LogP contribution in [0.3, 0.4) is 0 Å². The van der Waals surface area contributed by atoms with Gasteiger partial charge in [-0.25, -0.2) is 4.99 Å². The first-order valence-corrected chi connectivity index (χ1v) is 7.16. The Morgan fingerprint density at radius 2 is 1.90 bits per heavy atom. The van der Waals surface area contributed by atoms with Crippen LogP contribution in [0.1, 0.15) is 5.56 Å². The van der Waals surface area contributed by atoms with Crippen LogP contribution in [0.2, 0.25) is 0 Å². The number of phenols is 1. The molecule has 0 aromatic heterocycles. The van der Waals surface area contributed by atoms with Crippen LogP contribution in [0.15, 0.2) is 64.5 Å². The summed E-state index contributed by atoms with van der Waals surface area (Å²) < 4.78 is 0. The highest BCUT2D eigenvalue weighted by atomic mass is 32.2. The van der Waals surface area contributed by atoms with Crippen molar-refractivity contribution in [2.24, 2.45) is 4.99 Å². The van der Waals surface area contributed by atoms with Gasteiger partial charge in [0.2, 0.25) is 0 Å². The van der Waals surface area contributed by atoms with Crippen LogP contribution in [-0.4, -0.2) is 16.2 Å². The fourth-order valence-electron chi connectivity index (χ4n) is 1.87. The van der Waals surface area contributed by atoms with Crippen molar-refractivity contribution in [2.45, 2.75) is 0 Å². The number of carbonyl (C=O) groups is 1. The molecule has 2 N–H and O–H groups in total. The van der Waals surface area contributed by atoms with Gasteiger partial charge < -0.3 is 10.4 Å². The first-order chi connectivity index (χ1) is 10.2. The molecule has 0 radical (unpaired) electrons. The zero-order chi connectivity index (χ0) is 14.7. The summed E-state index contributed by atoms with van der Waals surface area (Å²) in [5.41, 5.74) is 1.56. The SMILES string of the molecule is O=C1NC(=Nc2ccccc2)S/C1=C/c1cccc(O)c1. The molecule has 0 bridgehead atoms. The van der Waals surface area contributed by atoms with Crippen LogP contribution in [0, 0.1) is 0 Å². The van der Waals surface area contributed by atoms with Crippen LogP contribution in [0.5, 0.6) is 5.75 Å². The molecular formula is C16H12N2O2S. The second-order valence-corrected chi connectivity index (χ2v) is 5.44. The number of para-hydroxylation sites is 1. The van der Waals surface area contributed by atoms with Gasteiger partial charge in [-0.3, -0.25) is 4.79 Å². The fourth-order valence-corrected chi connectivity index (χ4v) is 2.71. The van der Waals surface area contributed by atoms with Gasteiger partial charge >= 0.3 is 0 Å². The number of nitrogens with one attached hydrogen (secondary N) is 1. The molecule has 0 atom stereocenters. The third kappa shape index (κ3) is 3.32. The smallest absolute Gasteiger partial charge is 0.264 e. The minimum atomic E-state index is -0.182. The van der Waals surface area contributed by atoms with Gasteiger partial charge in [0.15, 0.2) is 5.17 Å². The topological polar surface area (TPSA) is 61.7 Å². The molecule has 21 heavy (non-hydrogen) atoms. The van der Waals surface area contributed by atoms with E-state index in [1.165, 1.54) is 11.8 Å². The van der Waals surface area contributed by atoms with Crippen LogP contribution in [-0.2, 0) is 4.79 Å². The highest BCUT2D eigenvalue weighted by molar-refractivity contribution is 8.18. The van der Waals surface area contributed by atoms with Gasteiger partial charge in [-0.1, -0.05) is 30.3 Å². The third-order valence-corrected chi connectivity index (χ3v) is 3.72. The van der Waals surface area contributed by atoms with Crippen molar-refractivity contribution in [3.8, 4) is 5.75 Å². The van der Waals surface area contributed by atoms with Gasteiger partial charge in [-0.15, -0.1) is 0 Å².